The van der Waals surface area contributed by atoms with Gasteiger partial charge < -0.3 is 0 Å². The quantitative estimate of drug-likeness (QED) is 0.537. The summed E-state index contributed by atoms with van der Waals surface area (Å²) >= 11 is 0. The third kappa shape index (κ3) is 2.68. The number of hydrogen-bond donors (Lipinski definition) is 0. The molecule has 116 valence electrons. The highest BCUT2D eigenvalue weighted by molar-refractivity contribution is 6.08. The first-order valence-electron chi connectivity index (χ1n) is 4.64. The molecule has 0 aliphatic rings. The van der Waals surface area contributed by atoms with Crippen LogP contribution in [0.1, 0.15) is 6.42 Å². The maximum absolute atomic E-state index is 12.7. The molecule has 0 N–H and O–H groups in total. The number of alkyl halides is 11. The van der Waals surface area contributed by atoms with Gasteiger partial charge in [-0.25, -0.2) is 0 Å². The minimum atomic E-state index is -7.28. The number of rotatable bonds is 5. The summed E-state index contributed by atoms with van der Waals surface area (Å²) in [4.78, 5) is 0. The minimum absolute atomic E-state index is 0.147. The van der Waals surface area contributed by atoms with Crippen LogP contribution < -0.4 is 0 Å². The van der Waals surface area contributed by atoms with Crippen molar-refractivity contribution in [1.29, 1.82) is 0 Å². The van der Waals surface area contributed by atoms with E-state index in [2.05, 4.69) is 0 Å². The van der Waals surface area contributed by atoms with Gasteiger partial charge in [-0.15, -0.1) is 0 Å². The zero-order chi connectivity index (χ0) is 15.9. The Balaban J connectivity index is 5.77. The van der Waals surface area contributed by atoms with Gasteiger partial charge in [-0.1, -0.05) is 6.04 Å². The first-order valence-corrected chi connectivity index (χ1v) is 6.05. The van der Waals surface area contributed by atoms with Crippen LogP contribution in [0.5, 0.6) is 0 Å². The van der Waals surface area contributed by atoms with E-state index in [1.807, 2.05) is 0 Å². The largest absolute Gasteiger partial charge is 0.460 e. The van der Waals surface area contributed by atoms with Crippen LogP contribution in [0.15, 0.2) is 0 Å². The van der Waals surface area contributed by atoms with Crippen LogP contribution >= 0.6 is 0 Å². The van der Waals surface area contributed by atoms with Crippen LogP contribution in [0.4, 0.5) is 48.3 Å². The number of halogens is 11. The van der Waals surface area contributed by atoms with E-state index in [9.17, 15) is 48.3 Å². The molecule has 0 saturated heterocycles. The van der Waals surface area contributed by atoms with Gasteiger partial charge in [0.1, 0.15) is 0 Å². The molecule has 0 spiro atoms. The fourth-order valence-corrected chi connectivity index (χ4v) is 1.70. The van der Waals surface area contributed by atoms with E-state index in [4.69, 9.17) is 0 Å². The van der Waals surface area contributed by atoms with E-state index >= 15 is 0 Å². The van der Waals surface area contributed by atoms with Crippen LogP contribution in [0.3, 0.4) is 0 Å². The maximum Gasteiger partial charge on any atom is 0.460 e. The van der Waals surface area contributed by atoms with Gasteiger partial charge in [0, 0.05) is 16.7 Å². The van der Waals surface area contributed by atoms with E-state index in [-0.39, 0.29) is 10.2 Å². The zero-order valence-corrected chi connectivity index (χ0v) is 11.1. The van der Waals surface area contributed by atoms with Crippen molar-refractivity contribution in [3.05, 3.63) is 0 Å². The topological polar surface area (TPSA) is 0 Å². The Morgan fingerprint density at radius 1 is 0.579 bits per heavy atom. The first kappa shape index (κ1) is 18.4. The SMILES string of the molecule is FC(F)(F)C(F)(F)C(F)(F)C(F)(F)C(F)(F)CC[SiH3]. The molecular weight excluding hydrogens is 321 g/mol. The number of hydrogen-bond acceptors (Lipinski definition) is 0. The highest BCUT2D eigenvalue weighted by Gasteiger charge is 2.86. The van der Waals surface area contributed by atoms with Crippen molar-refractivity contribution < 1.29 is 48.3 Å². The molecule has 0 aromatic heterocycles. The molecule has 0 radical (unpaired) electrons. The fourth-order valence-electron chi connectivity index (χ4n) is 1.08. The Morgan fingerprint density at radius 2 is 0.947 bits per heavy atom. The summed E-state index contributed by atoms with van der Waals surface area (Å²) < 4.78 is 136. The summed E-state index contributed by atoms with van der Waals surface area (Å²) in [5.74, 6) is -27.0. The molecule has 0 atom stereocenters. The van der Waals surface area contributed by atoms with Crippen LogP contribution in [0.25, 0.3) is 0 Å². The maximum atomic E-state index is 12.7. The predicted octanol–water partition coefficient (Wildman–Crippen LogP) is 3.26. The first-order chi connectivity index (χ1) is 8.06. The minimum Gasteiger partial charge on any atom is -0.200 e. The molecule has 0 bridgehead atoms. The molecule has 0 aliphatic carbocycles. The molecule has 0 fully saturated rings. The highest BCUT2D eigenvalue weighted by Crippen LogP contribution is 2.57. The lowest BCUT2D eigenvalue weighted by Crippen LogP contribution is -2.66. The van der Waals surface area contributed by atoms with Crippen molar-refractivity contribution in [2.75, 3.05) is 0 Å². The predicted molar refractivity (Wildman–Crippen MR) is 45.2 cm³/mol. The molecule has 0 amide bonds. The molecule has 0 unspecified atom stereocenters. The standard InChI is InChI=1S/C7H7F11Si/c8-3(9,1-2-19)4(10,11)5(12,13)6(14,15)7(16,17)18/h1-2H2,19H3. The summed E-state index contributed by atoms with van der Waals surface area (Å²) in [7, 11) is -0.147. The van der Waals surface area contributed by atoms with Gasteiger partial charge in [-0.05, 0) is 0 Å². The van der Waals surface area contributed by atoms with Gasteiger partial charge in [0.2, 0.25) is 0 Å². The third-order valence-corrected chi connectivity index (χ3v) is 2.67. The molecule has 19 heavy (non-hydrogen) atoms. The second-order valence-electron chi connectivity index (χ2n) is 3.68. The van der Waals surface area contributed by atoms with E-state index in [1.54, 1.807) is 0 Å². The summed E-state index contributed by atoms with van der Waals surface area (Å²) in [6.07, 6.45) is -8.99. The Labute approximate surface area is 102 Å². The van der Waals surface area contributed by atoms with Crippen molar-refractivity contribution in [2.24, 2.45) is 0 Å². The molecule has 0 aliphatic heterocycles. The van der Waals surface area contributed by atoms with Crippen LogP contribution in [-0.2, 0) is 0 Å². The lowest BCUT2D eigenvalue weighted by Gasteiger charge is -2.37. The third-order valence-electron chi connectivity index (χ3n) is 2.17. The average molecular weight is 328 g/mol. The summed E-state index contributed by atoms with van der Waals surface area (Å²) in [5.41, 5.74) is 0. The molecular formula is C7H7F11Si. The van der Waals surface area contributed by atoms with Crippen molar-refractivity contribution >= 4 is 10.2 Å². The second-order valence-corrected chi connectivity index (χ2v) is 4.68. The second kappa shape index (κ2) is 4.77. The smallest absolute Gasteiger partial charge is 0.200 e. The Hall–Kier alpha value is -0.553. The molecule has 0 rings (SSSR count). The van der Waals surface area contributed by atoms with E-state index < -0.39 is 42.3 Å². The van der Waals surface area contributed by atoms with Crippen LogP contribution in [-0.4, -0.2) is 40.1 Å². The lowest BCUT2D eigenvalue weighted by atomic mass is 9.96. The Bertz CT molecular complexity index is 317. The van der Waals surface area contributed by atoms with E-state index in [1.165, 1.54) is 0 Å². The van der Waals surface area contributed by atoms with Gasteiger partial charge in [-0.3, -0.25) is 0 Å². The van der Waals surface area contributed by atoms with Crippen molar-refractivity contribution in [1.82, 2.24) is 0 Å². The molecule has 0 saturated carbocycles. The molecule has 12 heteroatoms. The monoisotopic (exact) mass is 328 g/mol. The van der Waals surface area contributed by atoms with Gasteiger partial charge in [-0.2, -0.15) is 48.3 Å². The summed E-state index contributed by atoms with van der Waals surface area (Å²) in [5, 5.41) is 0. The normalized spacial score (nSPS) is 15.9. The molecule has 0 aromatic carbocycles. The zero-order valence-electron chi connectivity index (χ0n) is 9.07. The van der Waals surface area contributed by atoms with Crippen molar-refractivity contribution in [3.63, 3.8) is 0 Å². The fraction of sp³-hybridized carbons (Fsp3) is 1.00. The van der Waals surface area contributed by atoms with Gasteiger partial charge in [0.25, 0.3) is 0 Å². The van der Waals surface area contributed by atoms with E-state index in [0.717, 1.165) is 0 Å². The Kier molecular flexibility index (Phi) is 4.63. The van der Waals surface area contributed by atoms with Crippen molar-refractivity contribution in [3.8, 4) is 0 Å². The summed E-state index contributed by atoms with van der Waals surface area (Å²) in [6.45, 7) is 0. The highest BCUT2D eigenvalue weighted by atomic mass is 28.1. The van der Waals surface area contributed by atoms with Crippen molar-refractivity contribution in [2.45, 2.75) is 42.3 Å². The van der Waals surface area contributed by atoms with Crippen LogP contribution in [0.2, 0.25) is 6.04 Å². The Morgan fingerprint density at radius 3 is 1.21 bits per heavy atom. The van der Waals surface area contributed by atoms with Gasteiger partial charge in [0.15, 0.2) is 0 Å². The van der Waals surface area contributed by atoms with Gasteiger partial charge >= 0.3 is 29.9 Å². The molecule has 0 nitrogen and oxygen atoms in total. The van der Waals surface area contributed by atoms with E-state index in [0.29, 0.717) is 0 Å². The lowest BCUT2D eigenvalue weighted by molar-refractivity contribution is -0.422. The average Bonchev–Trinajstić information content (AvgIpc) is 2.14. The van der Waals surface area contributed by atoms with Crippen LogP contribution in [0, 0.1) is 0 Å². The summed E-state index contributed by atoms with van der Waals surface area (Å²) in [6, 6.07) is -0.684. The molecule has 0 heterocycles. The molecule has 0 aromatic rings. The van der Waals surface area contributed by atoms with Gasteiger partial charge in [0.05, 0.1) is 0 Å².